The zero-order valence-corrected chi connectivity index (χ0v) is 9.38. The molecule has 0 fully saturated rings. The van der Waals surface area contributed by atoms with Gasteiger partial charge in [-0.25, -0.2) is 4.79 Å². The van der Waals surface area contributed by atoms with Crippen molar-refractivity contribution in [3.63, 3.8) is 0 Å². The molecule has 17 heavy (non-hydrogen) atoms. The molecule has 0 aliphatic rings. The number of rotatable bonds is 2. The zero-order chi connectivity index (χ0) is 12.3. The molecule has 0 spiro atoms. The monoisotopic (exact) mass is 228 g/mol. The van der Waals surface area contributed by atoms with Crippen LogP contribution in [0.25, 0.3) is 11.1 Å². The number of hydrogen-bond acceptors (Lipinski definition) is 2. The highest BCUT2D eigenvalue weighted by molar-refractivity contribution is 5.76. The Balaban J connectivity index is 2.55. The number of hydrogen-bond donors (Lipinski definition) is 1. The van der Waals surface area contributed by atoms with Crippen LogP contribution in [0.3, 0.4) is 0 Å². The molecule has 0 amide bonds. The van der Waals surface area contributed by atoms with Gasteiger partial charge in [-0.1, -0.05) is 42.5 Å². The molecule has 0 saturated heterocycles. The van der Waals surface area contributed by atoms with Gasteiger partial charge in [0.25, 0.3) is 0 Å². The average Bonchev–Trinajstić information content (AvgIpc) is 2.29. The Hall–Kier alpha value is -2.29. The Morgan fingerprint density at radius 1 is 1.06 bits per heavy atom. The second-order valence-corrected chi connectivity index (χ2v) is 3.68. The van der Waals surface area contributed by atoms with Crippen LogP contribution in [0.5, 0.6) is 5.75 Å². The van der Waals surface area contributed by atoms with Gasteiger partial charge in [-0.3, -0.25) is 0 Å². The molecule has 0 aliphatic heterocycles. The normalized spacial score (nSPS) is 9.94. The summed E-state index contributed by atoms with van der Waals surface area (Å²) in [4.78, 5) is 10.6. The van der Waals surface area contributed by atoms with E-state index in [0.29, 0.717) is 5.75 Å². The fraction of sp³-hybridized carbons (Fsp3) is 0.0714. The van der Waals surface area contributed by atoms with Crippen molar-refractivity contribution < 1.29 is 14.6 Å². The molecular formula is C14H12O3. The summed E-state index contributed by atoms with van der Waals surface area (Å²) in [5, 5.41) is 8.71. The predicted octanol–water partition coefficient (Wildman–Crippen LogP) is 3.72. The Bertz CT molecular complexity index is 532. The molecule has 2 aromatic carbocycles. The average molecular weight is 228 g/mol. The minimum absolute atomic E-state index is 0.365. The second kappa shape index (κ2) is 4.70. The molecule has 2 aromatic rings. The topological polar surface area (TPSA) is 46.5 Å². The molecule has 0 aliphatic carbocycles. The van der Waals surface area contributed by atoms with Crippen molar-refractivity contribution in [2.45, 2.75) is 6.92 Å². The summed E-state index contributed by atoms with van der Waals surface area (Å²) in [6, 6.07) is 15.0. The van der Waals surface area contributed by atoms with E-state index in [9.17, 15) is 4.79 Å². The van der Waals surface area contributed by atoms with E-state index in [0.717, 1.165) is 16.7 Å². The standard InChI is InChI=1S/C14H12O3/c1-10-6-5-9-12(17-14(15)16)13(10)11-7-3-2-4-8-11/h2-9H,1H3,(H,15,16). The Kier molecular flexibility index (Phi) is 3.10. The summed E-state index contributed by atoms with van der Waals surface area (Å²) >= 11 is 0. The fourth-order valence-corrected chi connectivity index (χ4v) is 1.79. The third kappa shape index (κ3) is 2.45. The van der Waals surface area contributed by atoms with Gasteiger partial charge >= 0.3 is 6.16 Å². The van der Waals surface area contributed by atoms with E-state index in [4.69, 9.17) is 9.84 Å². The first-order valence-corrected chi connectivity index (χ1v) is 5.24. The summed E-state index contributed by atoms with van der Waals surface area (Å²) in [5.41, 5.74) is 2.74. The molecule has 86 valence electrons. The van der Waals surface area contributed by atoms with Crippen molar-refractivity contribution in [3.8, 4) is 16.9 Å². The van der Waals surface area contributed by atoms with Gasteiger partial charge in [-0.05, 0) is 24.1 Å². The molecule has 0 atom stereocenters. The zero-order valence-electron chi connectivity index (χ0n) is 9.38. The molecule has 0 bridgehead atoms. The highest BCUT2D eigenvalue weighted by Crippen LogP contribution is 2.32. The van der Waals surface area contributed by atoms with Crippen LogP contribution in [0, 0.1) is 6.92 Å². The Labute approximate surface area is 99.3 Å². The van der Waals surface area contributed by atoms with Crippen LogP contribution >= 0.6 is 0 Å². The highest BCUT2D eigenvalue weighted by Gasteiger charge is 2.11. The molecule has 2 rings (SSSR count). The molecule has 0 aromatic heterocycles. The molecule has 0 unspecified atom stereocenters. The molecule has 1 N–H and O–H groups in total. The van der Waals surface area contributed by atoms with Crippen LogP contribution in [-0.4, -0.2) is 11.3 Å². The maximum atomic E-state index is 10.6. The van der Waals surface area contributed by atoms with Crippen molar-refractivity contribution in [1.29, 1.82) is 0 Å². The number of ether oxygens (including phenoxy) is 1. The predicted molar refractivity (Wildman–Crippen MR) is 65.3 cm³/mol. The number of carbonyl (C=O) groups is 1. The van der Waals surface area contributed by atoms with Gasteiger partial charge in [0, 0.05) is 5.56 Å². The van der Waals surface area contributed by atoms with Gasteiger partial charge < -0.3 is 9.84 Å². The van der Waals surface area contributed by atoms with Crippen LogP contribution in [0.2, 0.25) is 0 Å². The summed E-state index contributed by atoms with van der Waals surface area (Å²) in [7, 11) is 0. The second-order valence-electron chi connectivity index (χ2n) is 3.68. The van der Waals surface area contributed by atoms with E-state index in [1.165, 1.54) is 0 Å². The van der Waals surface area contributed by atoms with Crippen molar-refractivity contribution in [2.24, 2.45) is 0 Å². The number of carboxylic acid groups (broad SMARTS) is 1. The van der Waals surface area contributed by atoms with Gasteiger partial charge in [0.15, 0.2) is 0 Å². The minimum Gasteiger partial charge on any atom is -0.449 e. The number of aryl methyl sites for hydroxylation is 1. The fourth-order valence-electron chi connectivity index (χ4n) is 1.79. The van der Waals surface area contributed by atoms with Crippen molar-refractivity contribution in [2.75, 3.05) is 0 Å². The van der Waals surface area contributed by atoms with Crippen molar-refractivity contribution in [1.82, 2.24) is 0 Å². The van der Waals surface area contributed by atoms with Gasteiger partial charge in [0.05, 0.1) is 0 Å². The molecule has 0 radical (unpaired) electrons. The SMILES string of the molecule is Cc1cccc(OC(=O)O)c1-c1ccccc1. The minimum atomic E-state index is -1.30. The summed E-state index contributed by atoms with van der Waals surface area (Å²) in [6.45, 7) is 1.93. The molecule has 3 heteroatoms. The van der Waals surface area contributed by atoms with Gasteiger partial charge in [0.2, 0.25) is 0 Å². The molecule has 0 saturated carbocycles. The van der Waals surface area contributed by atoms with Crippen molar-refractivity contribution in [3.05, 3.63) is 54.1 Å². The summed E-state index contributed by atoms with van der Waals surface area (Å²) in [5.74, 6) is 0.365. The maximum Gasteiger partial charge on any atom is 0.511 e. The third-order valence-corrected chi connectivity index (χ3v) is 2.49. The first-order valence-electron chi connectivity index (χ1n) is 5.24. The Morgan fingerprint density at radius 2 is 1.76 bits per heavy atom. The smallest absolute Gasteiger partial charge is 0.449 e. The van der Waals surface area contributed by atoms with E-state index < -0.39 is 6.16 Å². The van der Waals surface area contributed by atoms with Crippen LogP contribution in [-0.2, 0) is 0 Å². The highest BCUT2D eigenvalue weighted by atomic mass is 16.7. The van der Waals surface area contributed by atoms with Gasteiger partial charge in [-0.15, -0.1) is 0 Å². The van der Waals surface area contributed by atoms with Gasteiger partial charge in [-0.2, -0.15) is 0 Å². The maximum absolute atomic E-state index is 10.6. The quantitative estimate of drug-likeness (QED) is 0.629. The van der Waals surface area contributed by atoms with E-state index in [-0.39, 0.29) is 0 Å². The van der Waals surface area contributed by atoms with E-state index in [1.54, 1.807) is 12.1 Å². The molecular weight excluding hydrogens is 216 g/mol. The lowest BCUT2D eigenvalue weighted by Crippen LogP contribution is -2.04. The van der Waals surface area contributed by atoms with Crippen LogP contribution in [0.15, 0.2) is 48.5 Å². The Morgan fingerprint density at radius 3 is 2.41 bits per heavy atom. The van der Waals surface area contributed by atoms with Crippen LogP contribution in [0.1, 0.15) is 5.56 Å². The summed E-state index contributed by atoms with van der Waals surface area (Å²) < 4.78 is 4.80. The molecule has 0 heterocycles. The number of benzene rings is 2. The third-order valence-electron chi connectivity index (χ3n) is 2.49. The van der Waals surface area contributed by atoms with E-state index in [2.05, 4.69) is 0 Å². The van der Waals surface area contributed by atoms with Crippen LogP contribution < -0.4 is 4.74 Å². The lowest BCUT2D eigenvalue weighted by molar-refractivity contribution is 0.144. The first kappa shape index (κ1) is 11.2. The van der Waals surface area contributed by atoms with Crippen LogP contribution in [0.4, 0.5) is 4.79 Å². The lowest BCUT2D eigenvalue weighted by Gasteiger charge is -2.11. The molecule has 3 nitrogen and oxygen atoms in total. The summed E-state index contributed by atoms with van der Waals surface area (Å²) in [6.07, 6.45) is -1.30. The van der Waals surface area contributed by atoms with Gasteiger partial charge in [0.1, 0.15) is 5.75 Å². The first-order chi connectivity index (χ1) is 8.18. The van der Waals surface area contributed by atoms with E-state index in [1.807, 2.05) is 43.3 Å². The van der Waals surface area contributed by atoms with Crippen molar-refractivity contribution >= 4 is 6.16 Å². The lowest BCUT2D eigenvalue weighted by atomic mass is 10.00. The largest absolute Gasteiger partial charge is 0.511 e. The van der Waals surface area contributed by atoms with E-state index >= 15 is 0 Å².